The SMILES string of the molecule is CCCC(C)(N)C(=O)NCc1ccon1. The molecule has 5 heteroatoms. The van der Waals surface area contributed by atoms with Gasteiger partial charge in [0.05, 0.1) is 12.1 Å². The van der Waals surface area contributed by atoms with E-state index < -0.39 is 5.54 Å². The molecule has 0 aromatic carbocycles. The predicted molar refractivity (Wildman–Crippen MR) is 55.9 cm³/mol. The summed E-state index contributed by atoms with van der Waals surface area (Å²) in [5.41, 5.74) is 5.74. The average molecular weight is 211 g/mol. The van der Waals surface area contributed by atoms with Crippen LogP contribution in [-0.4, -0.2) is 16.6 Å². The Morgan fingerprint density at radius 1 is 1.73 bits per heavy atom. The van der Waals surface area contributed by atoms with Gasteiger partial charge >= 0.3 is 0 Å². The molecule has 84 valence electrons. The maximum absolute atomic E-state index is 11.7. The summed E-state index contributed by atoms with van der Waals surface area (Å²) in [7, 11) is 0. The minimum Gasteiger partial charge on any atom is -0.364 e. The largest absolute Gasteiger partial charge is 0.364 e. The van der Waals surface area contributed by atoms with E-state index in [1.807, 2.05) is 6.92 Å². The van der Waals surface area contributed by atoms with Crippen molar-refractivity contribution in [3.8, 4) is 0 Å². The Kier molecular flexibility index (Phi) is 3.85. The summed E-state index contributed by atoms with van der Waals surface area (Å²) >= 11 is 0. The fourth-order valence-corrected chi connectivity index (χ4v) is 1.33. The summed E-state index contributed by atoms with van der Waals surface area (Å²) in [6, 6.07) is 1.70. The van der Waals surface area contributed by atoms with Gasteiger partial charge in [-0.15, -0.1) is 0 Å². The van der Waals surface area contributed by atoms with Gasteiger partial charge in [0.25, 0.3) is 0 Å². The maximum atomic E-state index is 11.7. The molecule has 1 rings (SSSR count). The first-order valence-electron chi connectivity index (χ1n) is 5.02. The van der Waals surface area contributed by atoms with Crippen molar-refractivity contribution in [3.63, 3.8) is 0 Å². The molecule has 0 aliphatic heterocycles. The number of nitrogens with one attached hydrogen (secondary N) is 1. The molecule has 1 aromatic rings. The summed E-state index contributed by atoms with van der Waals surface area (Å²) in [4.78, 5) is 11.7. The van der Waals surface area contributed by atoms with E-state index in [2.05, 4.69) is 15.0 Å². The van der Waals surface area contributed by atoms with Crippen molar-refractivity contribution in [2.75, 3.05) is 0 Å². The highest BCUT2D eigenvalue weighted by molar-refractivity contribution is 5.85. The van der Waals surface area contributed by atoms with E-state index in [1.54, 1.807) is 13.0 Å². The molecule has 1 amide bonds. The zero-order chi connectivity index (χ0) is 11.3. The smallest absolute Gasteiger partial charge is 0.240 e. The summed E-state index contributed by atoms with van der Waals surface area (Å²) in [5, 5.41) is 6.41. The molecule has 3 N–H and O–H groups in total. The Morgan fingerprint density at radius 3 is 3.00 bits per heavy atom. The molecule has 0 spiro atoms. The van der Waals surface area contributed by atoms with Crippen molar-refractivity contribution in [1.82, 2.24) is 10.5 Å². The van der Waals surface area contributed by atoms with Gasteiger partial charge in [0, 0.05) is 6.07 Å². The molecule has 0 radical (unpaired) electrons. The summed E-state index contributed by atoms with van der Waals surface area (Å²) in [6.07, 6.45) is 3.01. The molecule has 1 heterocycles. The first-order chi connectivity index (χ1) is 7.06. The second kappa shape index (κ2) is 4.93. The van der Waals surface area contributed by atoms with Gasteiger partial charge in [0.2, 0.25) is 5.91 Å². The Bertz CT molecular complexity index is 306. The van der Waals surface area contributed by atoms with Crippen LogP contribution in [0.15, 0.2) is 16.9 Å². The van der Waals surface area contributed by atoms with Crippen LogP contribution in [0.2, 0.25) is 0 Å². The Morgan fingerprint density at radius 2 is 2.47 bits per heavy atom. The molecule has 0 aliphatic rings. The molecule has 0 saturated carbocycles. The van der Waals surface area contributed by atoms with Gasteiger partial charge in [-0.05, 0) is 13.3 Å². The number of hydrogen-bond acceptors (Lipinski definition) is 4. The lowest BCUT2D eigenvalue weighted by molar-refractivity contribution is -0.126. The normalized spacial score (nSPS) is 14.6. The highest BCUT2D eigenvalue weighted by atomic mass is 16.5. The summed E-state index contributed by atoms with van der Waals surface area (Å²) < 4.78 is 4.65. The van der Waals surface area contributed by atoms with Crippen molar-refractivity contribution >= 4 is 5.91 Å². The number of nitrogens with two attached hydrogens (primary N) is 1. The third-order valence-corrected chi connectivity index (χ3v) is 2.21. The number of hydrogen-bond donors (Lipinski definition) is 2. The minimum absolute atomic E-state index is 0.160. The van der Waals surface area contributed by atoms with Crippen molar-refractivity contribution in [2.24, 2.45) is 5.73 Å². The number of nitrogens with zero attached hydrogens (tertiary/aromatic N) is 1. The molecular formula is C10H17N3O2. The molecule has 0 bridgehead atoms. The van der Waals surface area contributed by atoms with E-state index in [4.69, 9.17) is 5.73 Å². The predicted octanol–water partition coefficient (Wildman–Crippen LogP) is 0.808. The minimum atomic E-state index is -0.807. The first kappa shape index (κ1) is 11.7. The number of rotatable bonds is 5. The third-order valence-electron chi connectivity index (χ3n) is 2.21. The molecule has 0 saturated heterocycles. The van der Waals surface area contributed by atoms with Crippen LogP contribution in [0.25, 0.3) is 0 Å². The second-order valence-corrected chi connectivity index (χ2v) is 3.84. The highest BCUT2D eigenvalue weighted by Gasteiger charge is 2.26. The zero-order valence-electron chi connectivity index (χ0n) is 9.12. The van der Waals surface area contributed by atoms with Crippen LogP contribution in [0, 0.1) is 0 Å². The maximum Gasteiger partial charge on any atom is 0.240 e. The Hall–Kier alpha value is -1.36. The fraction of sp³-hybridized carbons (Fsp3) is 0.600. The molecule has 15 heavy (non-hydrogen) atoms. The lowest BCUT2D eigenvalue weighted by Gasteiger charge is -2.22. The monoisotopic (exact) mass is 211 g/mol. The topological polar surface area (TPSA) is 81.2 Å². The number of amides is 1. The molecule has 0 aliphatic carbocycles. The van der Waals surface area contributed by atoms with Gasteiger partial charge in [-0.1, -0.05) is 18.5 Å². The van der Waals surface area contributed by atoms with Crippen LogP contribution in [0.4, 0.5) is 0 Å². The first-order valence-corrected chi connectivity index (χ1v) is 5.02. The van der Waals surface area contributed by atoms with Crippen LogP contribution in [0.5, 0.6) is 0 Å². The van der Waals surface area contributed by atoms with Gasteiger partial charge < -0.3 is 15.6 Å². The van der Waals surface area contributed by atoms with E-state index in [1.165, 1.54) is 6.26 Å². The van der Waals surface area contributed by atoms with Crippen LogP contribution in [0.3, 0.4) is 0 Å². The summed E-state index contributed by atoms with van der Waals surface area (Å²) in [6.45, 7) is 4.08. The standard InChI is InChI=1S/C10H17N3O2/c1-3-5-10(2,11)9(14)12-7-8-4-6-15-13-8/h4,6H,3,5,7,11H2,1-2H3,(H,12,14). The van der Waals surface area contributed by atoms with Gasteiger partial charge in [0.1, 0.15) is 12.0 Å². The molecule has 5 nitrogen and oxygen atoms in total. The van der Waals surface area contributed by atoms with Crippen LogP contribution in [-0.2, 0) is 11.3 Å². The van der Waals surface area contributed by atoms with Crippen molar-refractivity contribution < 1.29 is 9.32 Å². The van der Waals surface area contributed by atoms with Crippen LogP contribution >= 0.6 is 0 Å². The molecular weight excluding hydrogens is 194 g/mol. The molecule has 1 unspecified atom stereocenters. The lowest BCUT2D eigenvalue weighted by atomic mass is 9.96. The van der Waals surface area contributed by atoms with Crippen molar-refractivity contribution in [1.29, 1.82) is 0 Å². The quantitative estimate of drug-likeness (QED) is 0.755. The third kappa shape index (κ3) is 3.36. The van der Waals surface area contributed by atoms with E-state index in [-0.39, 0.29) is 5.91 Å². The van der Waals surface area contributed by atoms with Gasteiger partial charge in [-0.25, -0.2) is 0 Å². The lowest BCUT2D eigenvalue weighted by Crippen LogP contribution is -2.51. The van der Waals surface area contributed by atoms with Crippen LogP contribution in [0.1, 0.15) is 32.4 Å². The number of aromatic nitrogens is 1. The van der Waals surface area contributed by atoms with E-state index in [0.29, 0.717) is 18.7 Å². The summed E-state index contributed by atoms with van der Waals surface area (Å²) in [5.74, 6) is -0.160. The Balaban J connectivity index is 2.42. The fourth-order valence-electron chi connectivity index (χ4n) is 1.33. The second-order valence-electron chi connectivity index (χ2n) is 3.84. The highest BCUT2D eigenvalue weighted by Crippen LogP contribution is 2.08. The number of carbonyl (C=O) groups excluding carboxylic acids is 1. The average Bonchev–Trinajstić information content (AvgIpc) is 2.66. The van der Waals surface area contributed by atoms with E-state index in [9.17, 15) is 4.79 Å². The number of carbonyl (C=O) groups is 1. The van der Waals surface area contributed by atoms with E-state index >= 15 is 0 Å². The van der Waals surface area contributed by atoms with E-state index in [0.717, 1.165) is 6.42 Å². The zero-order valence-corrected chi connectivity index (χ0v) is 9.12. The van der Waals surface area contributed by atoms with Crippen LogP contribution < -0.4 is 11.1 Å². The van der Waals surface area contributed by atoms with Gasteiger partial charge in [-0.3, -0.25) is 4.79 Å². The Labute approximate surface area is 89.0 Å². The molecule has 0 fully saturated rings. The molecule has 1 atom stereocenters. The van der Waals surface area contributed by atoms with Crippen molar-refractivity contribution in [2.45, 2.75) is 38.8 Å². The van der Waals surface area contributed by atoms with Crippen molar-refractivity contribution in [3.05, 3.63) is 18.0 Å². The van der Waals surface area contributed by atoms with Gasteiger partial charge in [0.15, 0.2) is 0 Å². The molecule has 1 aromatic heterocycles. The van der Waals surface area contributed by atoms with Gasteiger partial charge in [-0.2, -0.15) is 0 Å².